The van der Waals surface area contributed by atoms with Gasteiger partial charge >= 0.3 is 0 Å². The fraction of sp³-hybridized carbons (Fsp3) is 0.133. The molecule has 3 rings (SSSR count). The van der Waals surface area contributed by atoms with E-state index in [-0.39, 0.29) is 10.6 Å². The van der Waals surface area contributed by atoms with E-state index >= 15 is 0 Å². The van der Waals surface area contributed by atoms with Crippen LogP contribution in [0.1, 0.15) is 22.0 Å². The van der Waals surface area contributed by atoms with E-state index in [0.717, 1.165) is 0 Å². The highest BCUT2D eigenvalue weighted by Gasteiger charge is 2.35. The third-order valence-electron chi connectivity index (χ3n) is 3.57. The van der Waals surface area contributed by atoms with Gasteiger partial charge < -0.3 is 5.32 Å². The van der Waals surface area contributed by atoms with Gasteiger partial charge in [0.2, 0.25) is 0 Å². The summed E-state index contributed by atoms with van der Waals surface area (Å²) in [5, 5.41) is 2.41. The Morgan fingerprint density at radius 1 is 1.09 bits per heavy atom. The van der Waals surface area contributed by atoms with Crippen molar-refractivity contribution in [2.45, 2.75) is 10.9 Å². The molecule has 0 spiro atoms. The van der Waals surface area contributed by atoms with Crippen LogP contribution in [0.25, 0.3) is 0 Å². The van der Waals surface area contributed by atoms with Crippen molar-refractivity contribution >= 4 is 15.7 Å². The molecular weight excluding hydrogens is 331 g/mol. The maximum atomic E-state index is 13.2. The highest BCUT2D eigenvalue weighted by Crippen LogP contribution is 2.33. The molecule has 23 heavy (non-hydrogen) atoms. The zero-order valence-corrected chi connectivity index (χ0v) is 12.3. The predicted octanol–water partition coefficient (Wildman–Crippen LogP) is 2.36. The molecule has 0 fully saturated rings. The van der Waals surface area contributed by atoms with E-state index in [4.69, 9.17) is 0 Å². The summed E-state index contributed by atoms with van der Waals surface area (Å²) in [6.07, 6.45) is 0. The Morgan fingerprint density at radius 2 is 1.70 bits per heavy atom. The summed E-state index contributed by atoms with van der Waals surface area (Å²) in [5.74, 6) is -5.89. The summed E-state index contributed by atoms with van der Waals surface area (Å²) in [4.78, 5) is 12.2. The molecule has 0 aromatic heterocycles. The summed E-state index contributed by atoms with van der Waals surface area (Å²) < 4.78 is 63.3. The highest BCUT2D eigenvalue weighted by atomic mass is 32.2. The first-order valence-corrected chi connectivity index (χ1v) is 8.22. The number of carbonyl (C=O) groups is 1. The number of halogens is 3. The van der Waals surface area contributed by atoms with Crippen LogP contribution in [0.4, 0.5) is 13.2 Å². The van der Waals surface area contributed by atoms with Crippen molar-refractivity contribution in [3.8, 4) is 0 Å². The summed E-state index contributed by atoms with van der Waals surface area (Å²) in [6.45, 7) is 0. The molecule has 0 saturated heterocycles. The number of fused-ring (bicyclic) bond motifs is 1. The Kier molecular flexibility index (Phi) is 3.63. The van der Waals surface area contributed by atoms with Gasteiger partial charge in [-0.3, -0.25) is 4.79 Å². The minimum absolute atomic E-state index is 0.113. The fourth-order valence-electron chi connectivity index (χ4n) is 2.50. The normalized spacial score (nSPS) is 18.5. The minimum atomic E-state index is -3.53. The van der Waals surface area contributed by atoms with Crippen molar-refractivity contribution in [2.24, 2.45) is 0 Å². The molecule has 1 N–H and O–H groups in total. The summed E-state index contributed by atoms with van der Waals surface area (Å²) in [7, 11) is -3.53. The first-order chi connectivity index (χ1) is 10.8. The van der Waals surface area contributed by atoms with E-state index in [0.29, 0.717) is 17.7 Å². The van der Waals surface area contributed by atoms with Crippen LogP contribution in [-0.4, -0.2) is 20.1 Å². The third-order valence-corrected chi connectivity index (χ3v) is 5.38. The molecule has 0 radical (unpaired) electrons. The van der Waals surface area contributed by atoms with Crippen LogP contribution in [-0.2, 0) is 9.84 Å². The lowest BCUT2D eigenvalue weighted by Crippen LogP contribution is -2.29. The molecule has 0 unspecified atom stereocenters. The quantitative estimate of drug-likeness (QED) is 0.853. The standard InChI is InChI=1S/C15H10F3NO3S/c16-10-5-8(6-11(17)14(10)18)15(20)19-12-7-23(21,22)13-4-2-1-3-9(12)13/h1-6,12H,7H2,(H,19,20)/t12-/m1/s1. The van der Waals surface area contributed by atoms with E-state index in [2.05, 4.69) is 5.32 Å². The zero-order valence-electron chi connectivity index (χ0n) is 11.5. The molecule has 2 aromatic rings. The Labute approximate surface area is 129 Å². The van der Waals surface area contributed by atoms with Crippen molar-refractivity contribution in [1.29, 1.82) is 0 Å². The van der Waals surface area contributed by atoms with E-state index in [1.807, 2.05) is 0 Å². The molecule has 0 aliphatic carbocycles. The monoisotopic (exact) mass is 341 g/mol. The van der Waals surface area contributed by atoms with Crippen molar-refractivity contribution in [3.63, 3.8) is 0 Å². The smallest absolute Gasteiger partial charge is 0.252 e. The van der Waals surface area contributed by atoms with Gasteiger partial charge in [0, 0.05) is 5.56 Å². The van der Waals surface area contributed by atoms with Gasteiger partial charge in [0.25, 0.3) is 5.91 Å². The maximum Gasteiger partial charge on any atom is 0.252 e. The van der Waals surface area contributed by atoms with Gasteiger partial charge in [-0.25, -0.2) is 21.6 Å². The van der Waals surface area contributed by atoms with E-state index in [1.165, 1.54) is 6.07 Å². The first kappa shape index (κ1) is 15.5. The lowest BCUT2D eigenvalue weighted by atomic mass is 10.1. The SMILES string of the molecule is O=C(N[C@@H]1CS(=O)(=O)c2ccccc21)c1cc(F)c(F)c(F)c1. The average molecular weight is 341 g/mol. The number of benzene rings is 2. The second-order valence-electron chi connectivity index (χ2n) is 5.10. The molecule has 120 valence electrons. The zero-order chi connectivity index (χ0) is 16.8. The largest absolute Gasteiger partial charge is 0.344 e. The van der Waals surface area contributed by atoms with Gasteiger partial charge in [0.1, 0.15) is 0 Å². The van der Waals surface area contributed by atoms with Gasteiger partial charge in [0.15, 0.2) is 27.3 Å². The maximum absolute atomic E-state index is 13.2. The number of rotatable bonds is 2. The van der Waals surface area contributed by atoms with Crippen LogP contribution in [0.2, 0.25) is 0 Å². The van der Waals surface area contributed by atoms with Gasteiger partial charge in [-0.15, -0.1) is 0 Å². The van der Waals surface area contributed by atoms with Crippen LogP contribution in [0.5, 0.6) is 0 Å². The molecule has 0 bridgehead atoms. The third kappa shape index (κ3) is 2.70. The number of hydrogen-bond acceptors (Lipinski definition) is 3. The molecule has 1 amide bonds. The van der Waals surface area contributed by atoms with E-state index in [1.54, 1.807) is 18.2 Å². The van der Waals surface area contributed by atoms with E-state index < -0.39 is 44.8 Å². The summed E-state index contributed by atoms with van der Waals surface area (Å²) in [5.41, 5.74) is -0.0212. The second-order valence-corrected chi connectivity index (χ2v) is 7.10. The van der Waals surface area contributed by atoms with Gasteiger partial charge in [-0.1, -0.05) is 18.2 Å². The lowest BCUT2D eigenvalue weighted by Gasteiger charge is -2.13. The van der Waals surface area contributed by atoms with Crippen molar-refractivity contribution < 1.29 is 26.4 Å². The molecule has 8 heteroatoms. The summed E-state index contributed by atoms with van der Waals surface area (Å²) >= 11 is 0. The number of sulfone groups is 1. The summed E-state index contributed by atoms with van der Waals surface area (Å²) in [6, 6.07) is 6.44. The first-order valence-electron chi connectivity index (χ1n) is 6.56. The van der Waals surface area contributed by atoms with E-state index in [9.17, 15) is 26.4 Å². The van der Waals surface area contributed by atoms with Crippen LogP contribution < -0.4 is 5.32 Å². The van der Waals surface area contributed by atoms with Gasteiger partial charge in [-0.05, 0) is 23.8 Å². The Balaban J connectivity index is 1.91. The number of carbonyl (C=O) groups excluding carboxylic acids is 1. The average Bonchev–Trinajstić information content (AvgIpc) is 2.76. The van der Waals surface area contributed by atoms with Crippen molar-refractivity contribution in [3.05, 3.63) is 65.0 Å². The number of amides is 1. The van der Waals surface area contributed by atoms with Crippen molar-refractivity contribution in [1.82, 2.24) is 5.32 Å². The molecule has 0 saturated carbocycles. The number of nitrogens with one attached hydrogen (secondary N) is 1. The molecule has 4 nitrogen and oxygen atoms in total. The lowest BCUT2D eigenvalue weighted by molar-refractivity contribution is 0.0939. The van der Waals surface area contributed by atoms with Crippen LogP contribution in [0.15, 0.2) is 41.3 Å². The van der Waals surface area contributed by atoms with Crippen molar-refractivity contribution in [2.75, 3.05) is 5.75 Å². The molecule has 2 aromatic carbocycles. The molecule has 1 heterocycles. The Hall–Kier alpha value is -2.35. The highest BCUT2D eigenvalue weighted by molar-refractivity contribution is 7.91. The molecule has 1 aliphatic rings. The molecular formula is C15H10F3NO3S. The topological polar surface area (TPSA) is 63.2 Å². The fourth-order valence-corrected chi connectivity index (χ4v) is 4.23. The van der Waals surface area contributed by atoms with Crippen LogP contribution in [0, 0.1) is 17.5 Å². The van der Waals surface area contributed by atoms with Gasteiger partial charge in [0.05, 0.1) is 16.7 Å². The minimum Gasteiger partial charge on any atom is -0.344 e. The predicted molar refractivity (Wildman–Crippen MR) is 75.0 cm³/mol. The van der Waals surface area contributed by atoms with Crippen LogP contribution >= 0.6 is 0 Å². The van der Waals surface area contributed by atoms with Crippen LogP contribution in [0.3, 0.4) is 0 Å². The molecule has 1 aliphatic heterocycles. The second kappa shape index (κ2) is 5.38. The van der Waals surface area contributed by atoms with Gasteiger partial charge in [-0.2, -0.15) is 0 Å². The molecule has 1 atom stereocenters. The Bertz CT molecular complexity index is 889. The number of hydrogen-bond donors (Lipinski definition) is 1. The Morgan fingerprint density at radius 3 is 2.35 bits per heavy atom.